The number of nitrogens with one attached hydrogen (secondary N) is 1. The van der Waals surface area contributed by atoms with Crippen LogP contribution in [-0.2, 0) is 6.42 Å². The van der Waals surface area contributed by atoms with Crippen molar-refractivity contribution in [3.8, 4) is 0 Å². The highest BCUT2D eigenvalue weighted by atomic mass is 35.5. The third-order valence-corrected chi connectivity index (χ3v) is 4.73. The number of aromatic nitrogens is 3. The summed E-state index contributed by atoms with van der Waals surface area (Å²) in [6.45, 7) is 4.70. The first-order chi connectivity index (χ1) is 11.2. The molecule has 1 aromatic carbocycles. The zero-order chi connectivity index (χ0) is 15.8. The first-order valence-electron chi connectivity index (χ1n) is 8.25. The molecule has 0 bridgehead atoms. The first-order valence-corrected chi connectivity index (χ1v) is 8.25. The predicted octanol–water partition coefficient (Wildman–Crippen LogP) is 2.14. The van der Waals surface area contributed by atoms with Gasteiger partial charge in [-0.2, -0.15) is 0 Å². The Morgan fingerprint density at radius 3 is 3.04 bits per heavy atom. The lowest BCUT2D eigenvalue weighted by molar-refractivity contribution is 0.0978. The fourth-order valence-electron chi connectivity index (χ4n) is 3.43. The van der Waals surface area contributed by atoms with Gasteiger partial charge in [-0.1, -0.05) is 12.1 Å². The van der Waals surface area contributed by atoms with E-state index in [0.29, 0.717) is 18.4 Å². The maximum absolute atomic E-state index is 12.8. The van der Waals surface area contributed by atoms with Gasteiger partial charge in [0.15, 0.2) is 0 Å². The van der Waals surface area contributed by atoms with Gasteiger partial charge in [-0.3, -0.25) is 4.79 Å². The normalized spacial score (nSPS) is 19.7. The Morgan fingerprint density at radius 1 is 1.38 bits per heavy atom. The van der Waals surface area contributed by atoms with E-state index < -0.39 is 0 Å². The number of anilines is 1. The fourth-order valence-corrected chi connectivity index (χ4v) is 3.43. The smallest absolute Gasteiger partial charge is 0.297 e. The van der Waals surface area contributed by atoms with Gasteiger partial charge >= 0.3 is 0 Å². The van der Waals surface area contributed by atoms with E-state index in [-0.39, 0.29) is 18.3 Å². The summed E-state index contributed by atoms with van der Waals surface area (Å²) in [5, 5.41) is 7.81. The molecule has 1 atom stereocenters. The quantitative estimate of drug-likeness (QED) is 0.904. The topological polar surface area (TPSA) is 63.1 Å². The zero-order valence-corrected chi connectivity index (χ0v) is 14.6. The number of hydrogen-bond donors (Lipinski definition) is 1. The van der Waals surface area contributed by atoms with E-state index in [1.54, 1.807) is 11.2 Å². The average molecular weight is 348 g/mol. The zero-order valence-electron chi connectivity index (χ0n) is 13.7. The molecule has 128 valence electrons. The van der Waals surface area contributed by atoms with Crippen LogP contribution >= 0.6 is 12.4 Å². The van der Waals surface area contributed by atoms with Gasteiger partial charge in [0, 0.05) is 18.8 Å². The van der Waals surface area contributed by atoms with Crippen LogP contribution < -0.4 is 10.2 Å². The van der Waals surface area contributed by atoms with Gasteiger partial charge in [0.1, 0.15) is 6.33 Å². The van der Waals surface area contributed by atoms with Crippen LogP contribution in [0.25, 0.3) is 0 Å². The summed E-state index contributed by atoms with van der Waals surface area (Å²) in [5.74, 6) is 0.196. The summed E-state index contributed by atoms with van der Waals surface area (Å²) in [6, 6.07) is 6.57. The monoisotopic (exact) mass is 347 g/mol. The average Bonchev–Trinajstić information content (AvgIpc) is 3.22. The van der Waals surface area contributed by atoms with Crippen molar-refractivity contribution < 1.29 is 4.79 Å². The number of halogens is 1. The second kappa shape index (κ2) is 6.91. The van der Waals surface area contributed by atoms with E-state index in [2.05, 4.69) is 33.6 Å². The third kappa shape index (κ3) is 3.03. The van der Waals surface area contributed by atoms with Crippen LogP contribution in [0.15, 0.2) is 24.5 Å². The van der Waals surface area contributed by atoms with Crippen molar-refractivity contribution in [1.82, 2.24) is 20.1 Å². The van der Waals surface area contributed by atoms with E-state index in [9.17, 15) is 4.79 Å². The summed E-state index contributed by atoms with van der Waals surface area (Å²) in [4.78, 5) is 18.9. The summed E-state index contributed by atoms with van der Waals surface area (Å²) < 4.78 is 1.84. The molecule has 1 unspecified atom stereocenters. The number of amides is 1. The molecular weight excluding hydrogens is 326 g/mol. The van der Waals surface area contributed by atoms with Crippen molar-refractivity contribution in [2.45, 2.75) is 32.2 Å². The van der Waals surface area contributed by atoms with Crippen molar-refractivity contribution >= 4 is 24.0 Å². The van der Waals surface area contributed by atoms with Crippen LogP contribution in [0.5, 0.6) is 0 Å². The molecule has 0 saturated carbocycles. The fraction of sp³-hybridized carbons (Fsp3) is 0.471. The molecule has 1 saturated heterocycles. The van der Waals surface area contributed by atoms with Crippen LogP contribution in [0, 0.1) is 6.92 Å². The highest BCUT2D eigenvalue weighted by Gasteiger charge is 2.28. The highest BCUT2D eigenvalue weighted by molar-refractivity contribution is 6.04. The van der Waals surface area contributed by atoms with Crippen molar-refractivity contribution in [2.24, 2.45) is 0 Å². The molecule has 7 heteroatoms. The molecule has 1 amide bonds. The number of aryl methyl sites for hydroxylation is 1. The first kappa shape index (κ1) is 16.9. The molecule has 1 aromatic heterocycles. The van der Waals surface area contributed by atoms with E-state index in [1.807, 2.05) is 11.6 Å². The third-order valence-electron chi connectivity index (χ3n) is 4.73. The van der Waals surface area contributed by atoms with Gasteiger partial charge in [0.25, 0.3) is 5.91 Å². The minimum absolute atomic E-state index is 0. The number of benzene rings is 1. The molecule has 1 fully saturated rings. The molecule has 4 rings (SSSR count). The Labute approximate surface area is 147 Å². The Balaban J connectivity index is 0.00000169. The van der Waals surface area contributed by atoms with E-state index in [0.717, 1.165) is 43.6 Å². The van der Waals surface area contributed by atoms with Crippen LogP contribution in [0.3, 0.4) is 0 Å². The molecule has 2 aromatic rings. The number of carbonyl (C=O) groups is 1. The summed E-state index contributed by atoms with van der Waals surface area (Å²) in [6.07, 6.45) is 4.80. The minimum Gasteiger partial charge on any atom is -0.315 e. The summed E-state index contributed by atoms with van der Waals surface area (Å²) in [5.41, 5.74) is 3.39. The van der Waals surface area contributed by atoms with E-state index >= 15 is 0 Å². The number of carbonyl (C=O) groups excluding carboxylic acids is 1. The molecule has 0 spiro atoms. The summed E-state index contributed by atoms with van der Waals surface area (Å²) >= 11 is 0. The molecule has 6 nitrogen and oxygen atoms in total. The van der Waals surface area contributed by atoms with Gasteiger partial charge < -0.3 is 10.2 Å². The lowest BCUT2D eigenvalue weighted by Crippen LogP contribution is -2.33. The number of nitrogens with zero attached hydrogens (tertiary/aromatic N) is 4. The Morgan fingerprint density at radius 2 is 2.25 bits per heavy atom. The van der Waals surface area contributed by atoms with Crippen molar-refractivity contribution in [3.63, 3.8) is 0 Å². The lowest BCUT2D eigenvalue weighted by Gasteiger charge is -2.22. The van der Waals surface area contributed by atoms with Crippen LogP contribution in [0.1, 0.15) is 40.6 Å². The second-order valence-corrected chi connectivity index (χ2v) is 6.39. The maximum atomic E-state index is 12.8. The molecule has 0 aliphatic carbocycles. The van der Waals surface area contributed by atoms with Gasteiger partial charge in [0.2, 0.25) is 5.82 Å². The second-order valence-electron chi connectivity index (χ2n) is 6.39. The van der Waals surface area contributed by atoms with Crippen molar-refractivity contribution in [1.29, 1.82) is 0 Å². The van der Waals surface area contributed by atoms with Gasteiger partial charge in [-0.15, -0.1) is 17.5 Å². The maximum Gasteiger partial charge on any atom is 0.297 e. The van der Waals surface area contributed by atoms with Crippen LogP contribution in [0.2, 0.25) is 0 Å². The lowest BCUT2D eigenvalue weighted by atomic mass is 10.1. The predicted molar refractivity (Wildman–Crippen MR) is 95.0 cm³/mol. The summed E-state index contributed by atoms with van der Waals surface area (Å²) in [7, 11) is 0. The minimum atomic E-state index is -0.100. The number of rotatable bonds is 2. The molecular formula is C17H22ClN5O. The number of hydrogen-bond acceptors (Lipinski definition) is 4. The van der Waals surface area contributed by atoms with Crippen molar-refractivity contribution in [3.05, 3.63) is 41.5 Å². The largest absolute Gasteiger partial charge is 0.315 e. The SMILES string of the molecule is Cc1ccc2c(c1)N(C(=O)c1ncn(C3CCCNC3)n1)CC2.Cl. The van der Waals surface area contributed by atoms with E-state index in [1.165, 1.54) is 5.56 Å². The number of fused-ring (bicyclic) bond motifs is 1. The van der Waals surface area contributed by atoms with Gasteiger partial charge in [-0.05, 0) is 49.9 Å². The Bertz CT molecular complexity index is 738. The van der Waals surface area contributed by atoms with E-state index in [4.69, 9.17) is 0 Å². The Kier molecular flexibility index (Phi) is 4.87. The van der Waals surface area contributed by atoms with Gasteiger partial charge in [-0.25, -0.2) is 9.67 Å². The Hall–Kier alpha value is -1.92. The highest BCUT2D eigenvalue weighted by Crippen LogP contribution is 2.29. The molecule has 2 aliphatic heterocycles. The molecule has 2 aliphatic rings. The molecule has 0 radical (unpaired) electrons. The molecule has 3 heterocycles. The molecule has 1 N–H and O–H groups in total. The van der Waals surface area contributed by atoms with Gasteiger partial charge in [0.05, 0.1) is 6.04 Å². The number of piperidine rings is 1. The van der Waals surface area contributed by atoms with Crippen LogP contribution in [-0.4, -0.2) is 40.3 Å². The van der Waals surface area contributed by atoms with Crippen molar-refractivity contribution in [2.75, 3.05) is 24.5 Å². The van der Waals surface area contributed by atoms with Crippen LogP contribution in [0.4, 0.5) is 5.69 Å². The standard InChI is InChI=1S/C17H21N5O.ClH/c1-12-4-5-13-6-8-21(15(13)9-12)17(23)16-19-11-22(20-16)14-3-2-7-18-10-14;/h4-5,9,11,14,18H,2-3,6-8,10H2,1H3;1H. The molecule has 24 heavy (non-hydrogen) atoms.